The molecule has 0 aromatic heterocycles. The molecule has 1 atom stereocenters. The molecule has 2 rings (SSSR count). The number of nitrogens with two attached hydrogens (primary N) is 1. The first-order valence-electron chi connectivity index (χ1n) is 6.12. The van der Waals surface area contributed by atoms with E-state index in [1.54, 1.807) is 6.07 Å². The molecule has 0 bridgehead atoms. The van der Waals surface area contributed by atoms with Gasteiger partial charge in [-0.25, -0.2) is 4.39 Å². The van der Waals surface area contributed by atoms with Gasteiger partial charge < -0.3 is 10.6 Å². The minimum absolute atomic E-state index is 0.271. The summed E-state index contributed by atoms with van der Waals surface area (Å²) >= 11 is 0. The highest BCUT2D eigenvalue weighted by molar-refractivity contribution is 5.67. The van der Waals surface area contributed by atoms with Gasteiger partial charge in [0, 0.05) is 25.7 Å². The van der Waals surface area contributed by atoms with Gasteiger partial charge in [-0.2, -0.15) is 0 Å². The molecule has 0 aliphatic carbocycles. The second-order valence-electron chi connectivity index (χ2n) is 4.69. The van der Waals surface area contributed by atoms with E-state index in [0.29, 0.717) is 11.7 Å². The Morgan fingerprint density at radius 2 is 2.18 bits per heavy atom. The second kappa shape index (κ2) is 4.92. The lowest BCUT2D eigenvalue weighted by Gasteiger charge is -2.40. The van der Waals surface area contributed by atoms with Gasteiger partial charge >= 0.3 is 0 Å². The van der Waals surface area contributed by atoms with E-state index in [-0.39, 0.29) is 5.82 Å². The summed E-state index contributed by atoms with van der Waals surface area (Å²) in [6, 6.07) is 5.20. The van der Waals surface area contributed by atoms with Gasteiger partial charge in [0.05, 0.1) is 11.4 Å². The van der Waals surface area contributed by atoms with Gasteiger partial charge in [-0.3, -0.25) is 4.90 Å². The molecule has 17 heavy (non-hydrogen) atoms. The van der Waals surface area contributed by atoms with E-state index in [9.17, 15) is 4.39 Å². The molecular weight excluding hydrogens is 217 g/mol. The lowest BCUT2D eigenvalue weighted by molar-refractivity contribution is 0.213. The summed E-state index contributed by atoms with van der Waals surface area (Å²) in [5.74, 6) is -0.271. The molecule has 0 radical (unpaired) electrons. The van der Waals surface area contributed by atoms with E-state index < -0.39 is 0 Å². The van der Waals surface area contributed by atoms with E-state index in [1.807, 2.05) is 0 Å². The molecule has 4 heteroatoms. The van der Waals surface area contributed by atoms with Crippen LogP contribution in [0.15, 0.2) is 18.2 Å². The minimum atomic E-state index is -0.271. The summed E-state index contributed by atoms with van der Waals surface area (Å²) in [6.07, 6.45) is 1.12. The first kappa shape index (κ1) is 12.2. The maximum atomic E-state index is 13.0. The molecule has 1 heterocycles. The topological polar surface area (TPSA) is 32.5 Å². The van der Waals surface area contributed by atoms with Crippen LogP contribution in [0.4, 0.5) is 15.8 Å². The zero-order chi connectivity index (χ0) is 12.4. The molecule has 2 N–H and O–H groups in total. The van der Waals surface area contributed by atoms with Crippen molar-refractivity contribution in [3.63, 3.8) is 0 Å². The van der Waals surface area contributed by atoms with Gasteiger partial charge in [-0.15, -0.1) is 0 Å². The predicted molar refractivity (Wildman–Crippen MR) is 69.7 cm³/mol. The van der Waals surface area contributed by atoms with Gasteiger partial charge in [0.1, 0.15) is 5.82 Å². The normalized spacial score (nSPS) is 21.8. The first-order valence-corrected chi connectivity index (χ1v) is 6.12. The van der Waals surface area contributed by atoms with Gasteiger partial charge in [0.25, 0.3) is 0 Å². The van der Waals surface area contributed by atoms with Gasteiger partial charge in [0.2, 0.25) is 0 Å². The summed E-state index contributed by atoms with van der Waals surface area (Å²) in [6.45, 7) is 5.12. The van der Waals surface area contributed by atoms with Crippen LogP contribution in [-0.2, 0) is 0 Å². The number of benzene rings is 1. The van der Waals surface area contributed by atoms with Crippen molar-refractivity contribution >= 4 is 11.4 Å². The van der Waals surface area contributed by atoms with Crippen LogP contribution in [0, 0.1) is 5.82 Å². The maximum absolute atomic E-state index is 13.0. The average Bonchev–Trinajstić information content (AvgIpc) is 2.30. The highest BCUT2D eigenvalue weighted by Gasteiger charge is 2.23. The minimum Gasteiger partial charge on any atom is -0.397 e. The Labute approximate surface area is 102 Å². The Kier molecular flexibility index (Phi) is 3.52. The van der Waals surface area contributed by atoms with Gasteiger partial charge in [-0.1, -0.05) is 6.92 Å². The van der Waals surface area contributed by atoms with Crippen molar-refractivity contribution in [2.75, 3.05) is 37.3 Å². The zero-order valence-electron chi connectivity index (χ0n) is 10.5. The molecule has 3 nitrogen and oxygen atoms in total. The van der Waals surface area contributed by atoms with Gasteiger partial charge in [-0.05, 0) is 31.7 Å². The van der Waals surface area contributed by atoms with Crippen molar-refractivity contribution in [1.29, 1.82) is 0 Å². The first-order chi connectivity index (χ1) is 8.11. The highest BCUT2D eigenvalue weighted by atomic mass is 19.1. The van der Waals surface area contributed by atoms with Crippen LogP contribution in [-0.4, -0.2) is 37.6 Å². The molecule has 1 fully saturated rings. The van der Waals surface area contributed by atoms with Crippen molar-refractivity contribution in [3.05, 3.63) is 24.0 Å². The third-order valence-electron chi connectivity index (χ3n) is 3.58. The van der Waals surface area contributed by atoms with Crippen molar-refractivity contribution in [2.45, 2.75) is 19.4 Å². The summed E-state index contributed by atoms with van der Waals surface area (Å²) in [7, 11) is 2.15. The Morgan fingerprint density at radius 3 is 2.82 bits per heavy atom. The molecule has 0 amide bonds. The fourth-order valence-corrected chi connectivity index (χ4v) is 2.42. The number of likely N-dealkylation sites (N-methyl/N-ethyl adjacent to an activating group) is 1. The predicted octanol–water partition coefficient (Wildman–Crippen LogP) is 1.94. The molecular formula is C13H20FN3. The molecule has 1 saturated heterocycles. The Hall–Kier alpha value is -1.29. The third kappa shape index (κ3) is 2.52. The molecule has 1 aromatic rings. The van der Waals surface area contributed by atoms with Crippen LogP contribution in [0.25, 0.3) is 0 Å². The number of piperazine rings is 1. The second-order valence-corrected chi connectivity index (χ2v) is 4.69. The largest absolute Gasteiger partial charge is 0.397 e. The van der Waals surface area contributed by atoms with Crippen LogP contribution in [0.1, 0.15) is 13.3 Å². The average molecular weight is 237 g/mol. The number of rotatable bonds is 2. The fourth-order valence-electron chi connectivity index (χ4n) is 2.42. The number of hydrogen-bond donors (Lipinski definition) is 1. The molecule has 1 aliphatic rings. The maximum Gasteiger partial charge on any atom is 0.125 e. The molecule has 0 spiro atoms. The van der Waals surface area contributed by atoms with E-state index in [4.69, 9.17) is 5.73 Å². The van der Waals surface area contributed by atoms with Crippen molar-refractivity contribution < 1.29 is 4.39 Å². The Balaban J connectivity index is 2.17. The molecule has 1 unspecified atom stereocenters. The summed E-state index contributed by atoms with van der Waals surface area (Å²) in [5, 5.41) is 0. The van der Waals surface area contributed by atoms with Crippen LogP contribution >= 0.6 is 0 Å². The molecule has 94 valence electrons. The number of hydrogen-bond acceptors (Lipinski definition) is 3. The van der Waals surface area contributed by atoms with E-state index in [1.165, 1.54) is 12.1 Å². The lowest BCUT2D eigenvalue weighted by Crippen LogP contribution is -2.51. The van der Waals surface area contributed by atoms with Crippen molar-refractivity contribution in [1.82, 2.24) is 4.90 Å². The summed E-state index contributed by atoms with van der Waals surface area (Å²) in [4.78, 5) is 4.62. The Bertz CT molecular complexity index is 394. The van der Waals surface area contributed by atoms with E-state index in [0.717, 1.165) is 31.7 Å². The zero-order valence-corrected chi connectivity index (χ0v) is 10.5. The monoisotopic (exact) mass is 237 g/mol. The van der Waals surface area contributed by atoms with E-state index >= 15 is 0 Å². The highest BCUT2D eigenvalue weighted by Crippen LogP contribution is 2.26. The van der Waals surface area contributed by atoms with Crippen LogP contribution < -0.4 is 10.6 Å². The molecule has 0 saturated carbocycles. The van der Waals surface area contributed by atoms with Crippen molar-refractivity contribution in [3.8, 4) is 0 Å². The number of nitrogens with zero attached hydrogens (tertiary/aromatic N) is 2. The number of anilines is 2. The van der Waals surface area contributed by atoms with E-state index in [2.05, 4.69) is 23.8 Å². The van der Waals surface area contributed by atoms with Crippen molar-refractivity contribution in [2.24, 2.45) is 0 Å². The third-order valence-corrected chi connectivity index (χ3v) is 3.58. The summed E-state index contributed by atoms with van der Waals surface area (Å²) in [5.41, 5.74) is 7.37. The van der Waals surface area contributed by atoms with Gasteiger partial charge in [0.15, 0.2) is 0 Å². The Morgan fingerprint density at radius 1 is 1.41 bits per heavy atom. The van der Waals surface area contributed by atoms with Crippen LogP contribution in [0.3, 0.4) is 0 Å². The van der Waals surface area contributed by atoms with Crippen LogP contribution in [0.2, 0.25) is 0 Å². The quantitative estimate of drug-likeness (QED) is 0.798. The smallest absolute Gasteiger partial charge is 0.125 e. The SMILES string of the molecule is CCC1CN(c2ccc(F)cc2N)CCN1C. The molecule has 1 aromatic carbocycles. The number of nitrogen functional groups attached to an aromatic ring is 1. The number of halogens is 1. The fraction of sp³-hybridized carbons (Fsp3) is 0.538. The lowest BCUT2D eigenvalue weighted by atomic mass is 10.1. The summed E-state index contributed by atoms with van der Waals surface area (Å²) < 4.78 is 13.0. The standard InChI is InChI=1S/C13H20FN3/c1-3-11-9-17(7-6-16(11)2)13-5-4-10(14)8-12(13)15/h4-5,8,11H,3,6-7,9,15H2,1-2H3. The molecule has 1 aliphatic heterocycles. The van der Waals surface area contributed by atoms with Crippen LogP contribution in [0.5, 0.6) is 0 Å².